The van der Waals surface area contributed by atoms with Crippen LogP contribution in [0.3, 0.4) is 0 Å². The maximum Gasteiger partial charge on any atom is 0.225 e. The van der Waals surface area contributed by atoms with E-state index in [2.05, 4.69) is 0 Å². The van der Waals surface area contributed by atoms with Gasteiger partial charge in [0.25, 0.3) is 0 Å². The summed E-state index contributed by atoms with van der Waals surface area (Å²) in [6.45, 7) is 7.15. The number of ether oxygens (including phenoxy) is 2. The number of hydrogen-bond acceptors (Lipinski definition) is 3. The number of carbonyl (C=O) groups excluding carboxylic acids is 1. The number of carbonyl (C=O) groups is 1. The van der Waals surface area contributed by atoms with Gasteiger partial charge in [0.2, 0.25) is 5.91 Å². The SMILES string of the molecule is CC(C)C(=O)N1CC2(CC(CCOCc3cccc(F)c3)CO2)C1. The zero-order valence-electron chi connectivity index (χ0n) is 14.5. The Hall–Kier alpha value is -1.46. The molecular weight excluding hydrogens is 309 g/mol. The van der Waals surface area contributed by atoms with Crippen LogP contribution >= 0.6 is 0 Å². The fraction of sp³-hybridized carbons (Fsp3) is 0.632. The van der Waals surface area contributed by atoms with Crippen molar-refractivity contribution >= 4 is 5.91 Å². The summed E-state index contributed by atoms with van der Waals surface area (Å²) in [6.07, 6.45) is 1.94. The first-order valence-electron chi connectivity index (χ1n) is 8.72. The van der Waals surface area contributed by atoms with Crippen molar-refractivity contribution in [3.63, 3.8) is 0 Å². The van der Waals surface area contributed by atoms with Gasteiger partial charge in [-0.25, -0.2) is 4.39 Å². The number of halogens is 1. The first-order chi connectivity index (χ1) is 11.5. The van der Waals surface area contributed by atoms with Crippen LogP contribution < -0.4 is 0 Å². The Bertz CT molecular complexity index is 584. The fourth-order valence-electron chi connectivity index (χ4n) is 3.58. The Morgan fingerprint density at radius 1 is 1.46 bits per heavy atom. The molecule has 2 fully saturated rings. The molecule has 1 unspecified atom stereocenters. The minimum Gasteiger partial charge on any atom is -0.377 e. The van der Waals surface area contributed by atoms with E-state index in [0.717, 1.165) is 38.1 Å². The summed E-state index contributed by atoms with van der Waals surface area (Å²) < 4.78 is 24.7. The molecule has 24 heavy (non-hydrogen) atoms. The summed E-state index contributed by atoms with van der Waals surface area (Å²) in [5.74, 6) is 0.517. The Labute approximate surface area is 142 Å². The normalized spacial score (nSPS) is 22.2. The minimum absolute atomic E-state index is 0.0516. The third kappa shape index (κ3) is 3.95. The van der Waals surface area contributed by atoms with Crippen molar-refractivity contribution in [1.82, 2.24) is 4.90 Å². The summed E-state index contributed by atoms with van der Waals surface area (Å²) in [7, 11) is 0. The fourth-order valence-corrected chi connectivity index (χ4v) is 3.58. The van der Waals surface area contributed by atoms with Crippen molar-refractivity contribution in [2.75, 3.05) is 26.3 Å². The molecule has 1 spiro atoms. The largest absolute Gasteiger partial charge is 0.377 e. The highest BCUT2D eigenvalue weighted by Crippen LogP contribution is 2.39. The highest BCUT2D eigenvalue weighted by molar-refractivity contribution is 5.79. The van der Waals surface area contributed by atoms with E-state index in [1.54, 1.807) is 6.07 Å². The van der Waals surface area contributed by atoms with Gasteiger partial charge in [0.05, 0.1) is 26.3 Å². The maximum absolute atomic E-state index is 13.1. The van der Waals surface area contributed by atoms with Gasteiger partial charge in [-0.2, -0.15) is 0 Å². The lowest BCUT2D eigenvalue weighted by molar-refractivity contribution is -0.160. The zero-order chi connectivity index (χ0) is 17.2. The summed E-state index contributed by atoms with van der Waals surface area (Å²) in [6, 6.07) is 6.50. The molecule has 0 saturated carbocycles. The molecule has 132 valence electrons. The molecule has 0 aliphatic carbocycles. The van der Waals surface area contributed by atoms with Gasteiger partial charge in [-0.15, -0.1) is 0 Å². The second-order valence-electron chi connectivity index (χ2n) is 7.38. The molecule has 2 heterocycles. The number of benzene rings is 1. The van der Waals surface area contributed by atoms with E-state index in [9.17, 15) is 9.18 Å². The second kappa shape index (κ2) is 7.19. The van der Waals surface area contributed by atoms with Crippen LogP contribution in [-0.2, 0) is 20.9 Å². The third-order valence-corrected chi connectivity index (χ3v) is 4.88. The Balaban J connectivity index is 1.35. The molecule has 1 amide bonds. The topological polar surface area (TPSA) is 38.8 Å². The standard InChI is InChI=1S/C19H26FNO3/c1-14(2)18(22)21-12-19(13-21)9-16(11-24-19)6-7-23-10-15-4-3-5-17(20)8-15/h3-5,8,14,16H,6-7,9-13H2,1-2H3. The van der Waals surface area contributed by atoms with E-state index < -0.39 is 0 Å². The summed E-state index contributed by atoms with van der Waals surface area (Å²) in [5.41, 5.74) is 0.744. The summed E-state index contributed by atoms with van der Waals surface area (Å²) in [4.78, 5) is 13.8. The quantitative estimate of drug-likeness (QED) is 0.750. The lowest BCUT2D eigenvalue weighted by Crippen LogP contribution is -2.63. The van der Waals surface area contributed by atoms with E-state index in [-0.39, 0.29) is 23.2 Å². The second-order valence-corrected chi connectivity index (χ2v) is 7.38. The van der Waals surface area contributed by atoms with Gasteiger partial charge in [-0.05, 0) is 36.5 Å². The average Bonchev–Trinajstić information content (AvgIpc) is 2.94. The van der Waals surface area contributed by atoms with Gasteiger partial charge in [-0.3, -0.25) is 4.79 Å². The van der Waals surface area contributed by atoms with Gasteiger partial charge in [0.15, 0.2) is 0 Å². The summed E-state index contributed by atoms with van der Waals surface area (Å²) in [5, 5.41) is 0. The first kappa shape index (κ1) is 17.4. The lowest BCUT2D eigenvalue weighted by Gasteiger charge is -2.47. The monoisotopic (exact) mass is 335 g/mol. The van der Waals surface area contributed by atoms with Crippen LogP contribution in [0.15, 0.2) is 24.3 Å². The van der Waals surface area contributed by atoms with Crippen LogP contribution in [0.4, 0.5) is 4.39 Å². The molecule has 3 rings (SSSR count). The lowest BCUT2D eigenvalue weighted by atomic mass is 9.85. The Morgan fingerprint density at radius 2 is 2.25 bits per heavy atom. The van der Waals surface area contributed by atoms with E-state index in [1.165, 1.54) is 12.1 Å². The molecule has 1 atom stereocenters. The molecule has 2 aliphatic heterocycles. The molecule has 4 nitrogen and oxygen atoms in total. The minimum atomic E-state index is -0.229. The molecule has 5 heteroatoms. The van der Waals surface area contributed by atoms with E-state index in [1.807, 2.05) is 24.8 Å². The summed E-state index contributed by atoms with van der Waals surface area (Å²) >= 11 is 0. The predicted octanol–water partition coefficient (Wildman–Crippen LogP) is 3.01. The first-order valence-corrected chi connectivity index (χ1v) is 8.72. The molecule has 0 bridgehead atoms. The molecule has 0 aromatic heterocycles. The van der Waals surface area contributed by atoms with Crippen LogP contribution in [0.25, 0.3) is 0 Å². The van der Waals surface area contributed by atoms with E-state index in [0.29, 0.717) is 19.1 Å². The van der Waals surface area contributed by atoms with Gasteiger partial charge in [0, 0.05) is 12.5 Å². The number of likely N-dealkylation sites (tertiary alicyclic amines) is 1. The smallest absolute Gasteiger partial charge is 0.225 e. The highest BCUT2D eigenvalue weighted by atomic mass is 19.1. The predicted molar refractivity (Wildman–Crippen MR) is 88.9 cm³/mol. The van der Waals surface area contributed by atoms with Crippen LogP contribution in [0.5, 0.6) is 0 Å². The molecule has 2 aliphatic rings. The van der Waals surface area contributed by atoms with Crippen LogP contribution in [0.2, 0.25) is 0 Å². The molecule has 0 radical (unpaired) electrons. The molecule has 1 aromatic carbocycles. The van der Waals surface area contributed by atoms with Crippen molar-refractivity contribution in [3.05, 3.63) is 35.6 Å². The number of nitrogens with zero attached hydrogens (tertiary/aromatic N) is 1. The van der Waals surface area contributed by atoms with Crippen molar-refractivity contribution in [1.29, 1.82) is 0 Å². The Morgan fingerprint density at radius 3 is 2.96 bits per heavy atom. The average molecular weight is 335 g/mol. The Kier molecular flexibility index (Phi) is 5.21. The zero-order valence-corrected chi connectivity index (χ0v) is 14.5. The molecule has 1 aromatic rings. The van der Waals surface area contributed by atoms with Gasteiger partial charge in [0.1, 0.15) is 11.4 Å². The highest BCUT2D eigenvalue weighted by Gasteiger charge is 2.51. The molecular formula is C19H26FNO3. The van der Waals surface area contributed by atoms with Gasteiger partial charge in [-0.1, -0.05) is 26.0 Å². The number of hydrogen-bond donors (Lipinski definition) is 0. The van der Waals surface area contributed by atoms with Crippen molar-refractivity contribution in [2.45, 2.75) is 38.9 Å². The molecule has 0 N–H and O–H groups in total. The third-order valence-electron chi connectivity index (χ3n) is 4.88. The number of amides is 1. The number of rotatable bonds is 6. The van der Waals surface area contributed by atoms with Crippen molar-refractivity contribution in [3.8, 4) is 0 Å². The van der Waals surface area contributed by atoms with Crippen molar-refractivity contribution < 1.29 is 18.7 Å². The van der Waals surface area contributed by atoms with Crippen LogP contribution in [0, 0.1) is 17.7 Å². The van der Waals surface area contributed by atoms with Crippen molar-refractivity contribution in [2.24, 2.45) is 11.8 Å². The van der Waals surface area contributed by atoms with Crippen LogP contribution in [0.1, 0.15) is 32.3 Å². The van der Waals surface area contributed by atoms with Gasteiger partial charge < -0.3 is 14.4 Å². The van der Waals surface area contributed by atoms with Gasteiger partial charge >= 0.3 is 0 Å². The van der Waals surface area contributed by atoms with E-state index >= 15 is 0 Å². The van der Waals surface area contributed by atoms with Crippen LogP contribution in [-0.4, -0.2) is 42.7 Å². The van der Waals surface area contributed by atoms with E-state index in [4.69, 9.17) is 9.47 Å². The molecule has 2 saturated heterocycles. The maximum atomic E-state index is 13.1.